The molecule has 84 valence electrons. The maximum Gasteiger partial charge on any atom is 0.119 e. The quantitative estimate of drug-likeness (QED) is 0.859. The van der Waals surface area contributed by atoms with Crippen LogP contribution in [0.1, 0.15) is 30.9 Å². The molecule has 1 aliphatic rings. The van der Waals surface area contributed by atoms with Crippen LogP contribution in [0, 0.1) is 5.92 Å². The van der Waals surface area contributed by atoms with Gasteiger partial charge in [0.05, 0.1) is 7.11 Å². The second-order valence-electron chi connectivity index (χ2n) is 4.06. The van der Waals surface area contributed by atoms with Crippen LogP contribution in [0.4, 0.5) is 0 Å². The fourth-order valence-electron chi connectivity index (χ4n) is 1.72. The van der Waals surface area contributed by atoms with Crippen LogP contribution in [0.2, 0.25) is 0 Å². The zero-order valence-corrected chi connectivity index (χ0v) is 9.80. The summed E-state index contributed by atoms with van der Waals surface area (Å²) in [5.74, 6) is 1.77. The van der Waals surface area contributed by atoms with Crippen molar-refractivity contribution in [2.24, 2.45) is 11.7 Å². The molecule has 2 N–H and O–H groups in total. The van der Waals surface area contributed by atoms with E-state index in [0.29, 0.717) is 0 Å². The zero-order chi connectivity index (χ0) is 9.97. The van der Waals surface area contributed by atoms with Crippen LogP contribution in [-0.4, -0.2) is 7.11 Å². The monoisotopic (exact) mass is 227 g/mol. The number of methoxy groups -OCH3 is 1. The van der Waals surface area contributed by atoms with Crippen LogP contribution >= 0.6 is 12.4 Å². The largest absolute Gasteiger partial charge is 0.497 e. The number of ether oxygens (including phenoxy) is 1. The first-order chi connectivity index (χ1) is 6.79. The zero-order valence-electron chi connectivity index (χ0n) is 8.98. The number of rotatable bonds is 4. The van der Waals surface area contributed by atoms with Crippen molar-refractivity contribution in [3.8, 4) is 5.75 Å². The Kier molecular flexibility index (Phi) is 4.43. The third-order valence-electron chi connectivity index (χ3n) is 2.81. The van der Waals surface area contributed by atoms with Gasteiger partial charge in [-0.15, -0.1) is 12.4 Å². The average molecular weight is 228 g/mol. The highest BCUT2D eigenvalue weighted by atomic mass is 35.5. The molecule has 0 radical (unpaired) electrons. The number of halogens is 1. The Bertz CT molecular complexity index is 312. The summed E-state index contributed by atoms with van der Waals surface area (Å²) in [7, 11) is 1.69. The maximum atomic E-state index is 6.10. The highest BCUT2D eigenvalue weighted by Crippen LogP contribution is 2.37. The summed E-state index contributed by atoms with van der Waals surface area (Å²) in [6.07, 6.45) is 3.84. The second kappa shape index (κ2) is 5.38. The summed E-state index contributed by atoms with van der Waals surface area (Å²) in [4.78, 5) is 0. The van der Waals surface area contributed by atoms with Crippen molar-refractivity contribution in [3.05, 3.63) is 29.8 Å². The van der Waals surface area contributed by atoms with E-state index in [4.69, 9.17) is 10.5 Å². The van der Waals surface area contributed by atoms with Gasteiger partial charge in [-0.25, -0.2) is 0 Å². The molecule has 15 heavy (non-hydrogen) atoms. The Hall–Kier alpha value is -0.730. The lowest BCUT2D eigenvalue weighted by molar-refractivity contribution is 0.413. The van der Waals surface area contributed by atoms with E-state index in [2.05, 4.69) is 6.07 Å². The standard InChI is InChI=1S/C12H17NO.ClH/c1-14-11-4-2-3-10(8-11)12(13)7-9-5-6-9;/h2-4,8-9,12H,5-7,13H2,1H3;1H/t12-;/m1./s1. The molecule has 0 spiro atoms. The first-order valence-corrected chi connectivity index (χ1v) is 5.19. The second-order valence-corrected chi connectivity index (χ2v) is 4.06. The minimum absolute atomic E-state index is 0. The van der Waals surface area contributed by atoms with E-state index in [-0.39, 0.29) is 18.4 Å². The van der Waals surface area contributed by atoms with Crippen LogP contribution < -0.4 is 10.5 Å². The molecule has 1 saturated carbocycles. The minimum Gasteiger partial charge on any atom is -0.497 e. The van der Waals surface area contributed by atoms with Crippen molar-refractivity contribution in [1.82, 2.24) is 0 Å². The Morgan fingerprint density at radius 1 is 1.47 bits per heavy atom. The molecule has 3 heteroatoms. The lowest BCUT2D eigenvalue weighted by Gasteiger charge is -2.12. The van der Waals surface area contributed by atoms with Crippen LogP contribution in [-0.2, 0) is 0 Å². The van der Waals surface area contributed by atoms with Crippen molar-refractivity contribution in [3.63, 3.8) is 0 Å². The molecule has 1 atom stereocenters. The summed E-state index contributed by atoms with van der Waals surface area (Å²) >= 11 is 0. The van der Waals surface area contributed by atoms with Crippen molar-refractivity contribution < 1.29 is 4.74 Å². The predicted octanol–water partition coefficient (Wildman–Crippen LogP) is 2.92. The molecule has 0 unspecified atom stereocenters. The highest BCUT2D eigenvalue weighted by Gasteiger charge is 2.24. The van der Waals surface area contributed by atoms with E-state index in [1.807, 2.05) is 18.2 Å². The van der Waals surface area contributed by atoms with Crippen molar-refractivity contribution in [1.29, 1.82) is 0 Å². The predicted molar refractivity (Wildman–Crippen MR) is 64.5 cm³/mol. The number of nitrogens with two attached hydrogens (primary N) is 1. The van der Waals surface area contributed by atoms with Gasteiger partial charge in [0, 0.05) is 6.04 Å². The topological polar surface area (TPSA) is 35.2 Å². The van der Waals surface area contributed by atoms with Crippen LogP contribution in [0.15, 0.2) is 24.3 Å². The number of hydrogen-bond acceptors (Lipinski definition) is 2. The number of benzene rings is 1. The van der Waals surface area contributed by atoms with Crippen LogP contribution in [0.25, 0.3) is 0 Å². The van der Waals surface area contributed by atoms with Gasteiger partial charge < -0.3 is 10.5 Å². The van der Waals surface area contributed by atoms with Gasteiger partial charge in [0.15, 0.2) is 0 Å². The summed E-state index contributed by atoms with van der Waals surface area (Å²) < 4.78 is 5.17. The van der Waals surface area contributed by atoms with E-state index in [9.17, 15) is 0 Å². The Labute approximate surface area is 97.2 Å². The summed E-state index contributed by atoms with van der Waals surface area (Å²) in [5, 5.41) is 0. The molecule has 0 saturated heterocycles. The molecular formula is C12H18ClNO. The third-order valence-corrected chi connectivity index (χ3v) is 2.81. The molecule has 0 amide bonds. The highest BCUT2D eigenvalue weighted by molar-refractivity contribution is 5.85. The van der Waals surface area contributed by atoms with Crippen LogP contribution in [0.3, 0.4) is 0 Å². The molecule has 2 nitrogen and oxygen atoms in total. The van der Waals surface area contributed by atoms with E-state index in [0.717, 1.165) is 18.1 Å². The van der Waals surface area contributed by atoms with Gasteiger partial charge in [0.25, 0.3) is 0 Å². The lowest BCUT2D eigenvalue weighted by Crippen LogP contribution is -2.10. The van der Waals surface area contributed by atoms with Gasteiger partial charge in [-0.1, -0.05) is 25.0 Å². The van der Waals surface area contributed by atoms with E-state index in [1.165, 1.54) is 18.4 Å². The smallest absolute Gasteiger partial charge is 0.119 e. The molecule has 1 aliphatic carbocycles. The van der Waals surface area contributed by atoms with E-state index >= 15 is 0 Å². The summed E-state index contributed by atoms with van der Waals surface area (Å²) in [6, 6.07) is 8.24. The first kappa shape index (κ1) is 12.3. The van der Waals surface area contributed by atoms with Crippen molar-refractivity contribution in [2.75, 3.05) is 7.11 Å². The molecule has 1 aromatic rings. The fourth-order valence-corrected chi connectivity index (χ4v) is 1.72. The molecule has 1 aromatic carbocycles. The normalized spacial score (nSPS) is 16.7. The molecule has 0 aromatic heterocycles. The first-order valence-electron chi connectivity index (χ1n) is 5.19. The number of hydrogen-bond donors (Lipinski definition) is 1. The summed E-state index contributed by atoms with van der Waals surface area (Å²) in [5.41, 5.74) is 7.29. The van der Waals surface area contributed by atoms with Gasteiger partial charge in [0.1, 0.15) is 5.75 Å². The molecule has 1 fully saturated rings. The lowest BCUT2D eigenvalue weighted by atomic mass is 10.0. The maximum absolute atomic E-state index is 6.10. The van der Waals surface area contributed by atoms with Crippen LogP contribution in [0.5, 0.6) is 5.75 Å². The Morgan fingerprint density at radius 3 is 2.80 bits per heavy atom. The van der Waals surface area contributed by atoms with E-state index < -0.39 is 0 Å². The molecule has 0 bridgehead atoms. The van der Waals surface area contributed by atoms with Crippen molar-refractivity contribution in [2.45, 2.75) is 25.3 Å². The Balaban J connectivity index is 0.00000112. The Morgan fingerprint density at radius 2 is 2.20 bits per heavy atom. The van der Waals surface area contributed by atoms with Gasteiger partial charge >= 0.3 is 0 Å². The fraction of sp³-hybridized carbons (Fsp3) is 0.500. The van der Waals surface area contributed by atoms with E-state index in [1.54, 1.807) is 7.11 Å². The molecular weight excluding hydrogens is 210 g/mol. The minimum atomic E-state index is 0. The van der Waals surface area contributed by atoms with Gasteiger partial charge in [0.2, 0.25) is 0 Å². The van der Waals surface area contributed by atoms with Gasteiger partial charge in [-0.2, -0.15) is 0 Å². The molecule has 0 aliphatic heterocycles. The van der Waals surface area contributed by atoms with Gasteiger partial charge in [-0.05, 0) is 30.0 Å². The summed E-state index contributed by atoms with van der Waals surface area (Å²) in [6.45, 7) is 0. The molecule has 2 rings (SSSR count). The SMILES string of the molecule is COc1cccc([C@H](N)CC2CC2)c1.Cl. The van der Waals surface area contributed by atoms with Crippen molar-refractivity contribution >= 4 is 12.4 Å². The molecule has 0 heterocycles. The van der Waals surface area contributed by atoms with Gasteiger partial charge in [-0.3, -0.25) is 0 Å². The third kappa shape index (κ3) is 3.40. The average Bonchev–Trinajstić information content (AvgIpc) is 3.02.